The number of rotatable bonds is 17. The van der Waals surface area contributed by atoms with Crippen LogP contribution in [0.2, 0.25) is 0 Å². The highest BCUT2D eigenvalue weighted by Gasteiger charge is 2.45. The van der Waals surface area contributed by atoms with Gasteiger partial charge in [0.1, 0.15) is 0 Å². The molecule has 0 radical (unpaired) electrons. The van der Waals surface area contributed by atoms with Crippen molar-refractivity contribution < 1.29 is 12.3 Å². The predicted octanol–water partition coefficient (Wildman–Crippen LogP) is 31.3. The van der Waals surface area contributed by atoms with Gasteiger partial charge < -0.3 is 23.8 Å². The van der Waals surface area contributed by atoms with Crippen LogP contribution in [-0.4, -0.2) is 15.8 Å². The van der Waals surface area contributed by atoms with Gasteiger partial charge in [-0.05, 0) is 264 Å². The van der Waals surface area contributed by atoms with Gasteiger partial charge in [-0.1, -0.05) is 379 Å². The fourth-order valence-corrected chi connectivity index (χ4v) is 20.2. The Kier molecular flexibility index (Phi) is 18.9. The third-order valence-electron chi connectivity index (χ3n) is 27.5. The fourth-order valence-electron chi connectivity index (χ4n) is 20.2. The molecule has 2 aliphatic rings. The molecule has 650 valence electrons. The number of nitrogens with zero attached hydrogens (tertiary/aromatic N) is 5. The summed E-state index contributed by atoms with van der Waals surface area (Å²) in [5.74, 6) is 0. The van der Waals surface area contributed by atoms with Gasteiger partial charge >= 0.3 is 0 Å². The minimum atomic E-state index is -0.521. The van der Waals surface area contributed by atoms with Crippen molar-refractivity contribution in [2.75, 3.05) is 14.7 Å². The Bertz CT molecular complexity index is 7750. The van der Waals surface area contributed by atoms with E-state index >= 15 is 0 Å². The number of benzene rings is 16. The fraction of sp³-hybridized carbons (Fsp3) is 0.232. The zero-order valence-corrected chi connectivity index (χ0v) is 79.1. The first-order chi connectivity index (χ1) is 66.4. The zero-order chi connectivity index (χ0) is 98.8. The van der Waals surface area contributed by atoms with E-state index in [9.17, 15) is 8.22 Å². The lowest BCUT2D eigenvalue weighted by Crippen LogP contribution is -2.62. The Morgan fingerprint density at radius 2 is 0.626 bits per heavy atom. The molecule has 4 heterocycles. The average Bonchev–Trinajstić information content (AvgIpc) is 0.819. The summed E-state index contributed by atoms with van der Waals surface area (Å²) in [4.78, 5) is 6.97. The molecular weight excluding hydrogens is 1580 g/mol. The van der Waals surface area contributed by atoms with E-state index in [-0.39, 0.29) is 80.5 Å². The summed E-state index contributed by atoms with van der Waals surface area (Å²) in [6, 6.07) is 106. The molecule has 0 aliphatic carbocycles. The lowest BCUT2D eigenvalue weighted by molar-refractivity contribution is 0.567. The van der Waals surface area contributed by atoms with Gasteiger partial charge in [0.25, 0.3) is 6.71 Å². The maximum Gasteiger partial charge on any atom is 0.252 e. The molecule has 0 unspecified atom stereocenters. The minimum Gasteiger partial charge on any atom is -0.338 e. The van der Waals surface area contributed by atoms with Crippen molar-refractivity contribution >= 4 is 107 Å². The van der Waals surface area contributed by atoms with Gasteiger partial charge in [0.2, 0.25) is 0 Å². The number of fused-ring (bicyclic) bond motifs is 10. The molecule has 5 nitrogen and oxygen atoms in total. The molecule has 131 heavy (non-hydrogen) atoms. The second-order valence-corrected chi connectivity index (χ2v) is 42.8. The van der Waals surface area contributed by atoms with E-state index in [0.717, 1.165) is 122 Å². The Balaban J connectivity index is 0.919. The molecule has 0 spiro atoms. The van der Waals surface area contributed by atoms with Gasteiger partial charge in [-0.2, -0.15) is 0 Å². The van der Waals surface area contributed by atoms with Crippen molar-refractivity contribution in [1.29, 1.82) is 0 Å². The summed E-state index contributed by atoms with van der Waals surface area (Å²) >= 11 is 0. The van der Waals surface area contributed by atoms with Crippen LogP contribution in [0.4, 0.5) is 39.8 Å². The first kappa shape index (κ1) is 75.4. The van der Waals surface area contributed by atoms with Crippen LogP contribution >= 0.6 is 0 Å². The largest absolute Gasteiger partial charge is 0.338 e. The Morgan fingerprint density at radius 3 is 1.07 bits per heavy atom. The molecule has 0 atom stereocenters. The van der Waals surface area contributed by atoms with Crippen LogP contribution < -0.4 is 31.1 Å². The third-order valence-corrected chi connectivity index (χ3v) is 27.5. The number of hydrogen-bond acceptors (Lipinski definition) is 3. The summed E-state index contributed by atoms with van der Waals surface area (Å²) in [6.07, 6.45) is 0.654. The molecule has 0 saturated carbocycles. The summed E-state index contributed by atoms with van der Waals surface area (Å²) < 4.78 is 90.5. The molecule has 0 fully saturated rings. The third kappa shape index (κ3) is 16.3. The molecule has 0 bridgehead atoms. The molecule has 20 rings (SSSR count). The lowest BCUT2D eigenvalue weighted by atomic mass is 9.33. The SMILES string of the molecule is [2H]c1c([2H])c([2H])c(N(c2ccccc2)c2ccc3c(c2)c2c([2H])c([2H])c([2H])c([2H])c2n3Cc2cc3c4c(c2)N(Cc2c(-c5ccccc5)cc(C(C)(C)C)cc2-c2ccccc2)c2cc(Cn5c6ccc(C(C)(C)C)cc6c6cc(C(C)(C)C)ccc65)ccc2B4c2ccc(Cc4cc(C(C)(C)C)cc(C(C)(C)C)c4)cc2N3Cc2c(-c3ccccc3)cc(C(C)(C)C)cc2-c2ccccc2)c([2H])c1[2H]. The minimum absolute atomic E-state index is 0.0700. The average molecular weight is 1710 g/mol. The molecule has 0 amide bonds. The predicted molar refractivity (Wildman–Crippen MR) is 564 cm³/mol. The summed E-state index contributed by atoms with van der Waals surface area (Å²) in [5, 5.41) is 3.22. The number of aromatic nitrogens is 2. The van der Waals surface area contributed by atoms with Gasteiger partial charge in [0.15, 0.2) is 0 Å². The Hall–Kier alpha value is -13.4. The van der Waals surface area contributed by atoms with Crippen molar-refractivity contribution in [1.82, 2.24) is 9.13 Å². The molecule has 0 saturated heterocycles. The standard InChI is InChI=1S/C125H122BN5/c1-120(2,3)90-55-60-112-104(71-90)105-72-91(121(4,5)6)56-61-113(105)127(112)78-83-54-59-110-116(67-83)130(81-108-102(88-43-29-21-30-44-88)75-95(125(16,17)18)76-103(108)89-45-31-22-32-46-89)118-69-85(79-128-111-52-38-37-51-99(111)106-77-98(57-62-114(106)128)131(96-47-33-23-34-48-96)97-49-35-24-36-50-97)68-117-119(118)126(110)109-58-53-82(63-84-64-92(122(7,8)9)70-93(65-84)123(10,11)12)66-115(109)129(117)80-107-100(86-39-25-19-26-40-86)73-94(124(13,14)15)74-101(107)87-41-27-20-28-42-87/h19-62,64-77H,63,78-81H2,1-18H3/i23D,33D,34D,37D,38D,47D,48D,51D,52D. The van der Waals surface area contributed by atoms with E-state index in [2.05, 4.69) is 392 Å². The second kappa shape index (κ2) is 32.9. The maximum absolute atomic E-state index is 10.4. The van der Waals surface area contributed by atoms with Gasteiger partial charge in [-0.3, -0.25) is 0 Å². The highest BCUT2D eigenvalue weighted by molar-refractivity contribution is 7.00. The van der Waals surface area contributed by atoms with E-state index in [1.165, 1.54) is 49.7 Å². The number of anilines is 7. The monoisotopic (exact) mass is 1710 g/mol. The van der Waals surface area contributed by atoms with E-state index in [1.54, 1.807) is 4.90 Å². The molecule has 18 aromatic rings. The first-order valence-corrected chi connectivity index (χ1v) is 46.7. The smallest absolute Gasteiger partial charge is 0.252 e. The van der Waals surface area contributed by atoms with Crippen LogP contribution in [0, 0.1) is 0 Å². The van der Waals surface area contributed by atoms with Crippen molar-refractivity contribution in [3.8, 4) is 44.5 Å². The quantitative estimate of drug-likeness (QED) is 0.0847. The van der Waals surface area contributed by atoms with Crippen LogP contribution in [-0.2, 0) is 65.1 Å². The molecule has 0 N–H and O–H groups in total. The second-order valence-electron chi connectivity index (χ2n) is 42.8. The van der Waals surface area contributed by atoms with Crippen LogP contribution in [0.5, 0.6) is 0 Å². The highest BCUT2D eigenvalue weighted by atomic mass is 15.2. The highest BCUT2D eigenvalue weighted by Crippen LogP contribution is 2.50. The normalized spacial score (nSPS) is 14.0. The summed E-state index contributed by atoms with van der Waals surface area (Å²) in [6.45, 7) is 42.6. The Labute approximate surface area is 790 Å². The maximum atomic E-state index is 10.4. The van der Waals surface area contributed by atoms with E-state index in [0.29, 0.717) is 48.3 Å². The molecule has 6 heteroatoms. The van der Waals surface area contributed by atoms with Gasteiger partial charge in [0, 0.05) is 110 Å². The summed E-state index contributed by atoms with van der Waals surface area (Å²) in [7, 11) is 0. The summed E-state index contributed by atoms with van der Waals surface area (Å²) in [5.41, 5.74) is 33.7. The first-order valence-electron chi connectivity index (χ1n) is 51.2. The van der Waals surface area contributed by atoms with Crippen molar-refractivity contribution in [3.63, 3.8) is 0 Å². The van der Waals surface area contributed by atoms with E-state index in [4.69, 9.17) is 4.11 Å². The van der Waals surface area contributed by atoms with Crippen LogP contribution in [0.1, 0.15) is 204 Å². The van der Waals surface area contributed by atoms with Gasteiger partial charge in [-0.15, -0.1) is 0 Å². The van der Waals surface area contributed by atoms with Crippen molar-refractivity contribution in [3.05, 3.63) is 418 Å². The van der Waals surface area contributed by atoms with E-state index < -0.39 is 36.3 Å². The van der Waals surface area contributed by atoms with Crippen molar-refractivity contribution in [2.45, 2.75) is 190 Å². The zero-order valence-electron chi connectivity index (χ0n) is 88.1. The Morgan fingerprint density at radius 1 is 0.260 bits per heavy atom. The number of hydrogen-bond donors (Lipinski definition) is 0. The topological polar surface area (TPSA) is 19.6 Å². The van der Waals surface area contributed by atoms with Crippen LogP contribution in [0.15, 0.2) is 352 Å². The van der Waals surface area contributed by atoms with Crippen molar-refractivity contribution in [2.24, 2.45) is 0 Å². The van der Waals surface area contributed by atoms with Gasteiger partial charge in [0.05, 0.1) is 12.3 Å². The van der Waals surface area contributed by atoms with Gasteiger partial charge in [-0.25, -0.2) is 0 Å². The lowest BCUT2D eigenvalue weighted by Gasteiger charge is -2.45. The molecule has 2 aromatic heterocycles. The molecule has 2 aliphatic heterocycles. The molecular formula is C125H122BN5. The molecule has 16 aromatic carbocycles. The van der Waals surface area contributed by atoms with Crippen LogP contribution in [0.3, 0.4) is 0 Å². The van der Waals surface area contributed by atoms with E-state index in [1.807, 2.05) is 48.5 Å². The van der Waals surface area contributed by atoms with Crippen LogP contribution in [0.25, 0.3) is 88.1 Å². The number of para-hydroxylation sites is 3.